The molecule has 1 atom stereocenters. The van der Waals surface area contributed by atoms with Gasteiger partial charge >= 0.3 is 0 Å². The van der Waals surface area contributed by atoms with Crippen LogP contribution in [-0.2, 0) is 0 Å². The molecule has 0 spiro atoms. The standard InChI is InChI=1S/C14H24N2S/c1-11-7-10-17-12(11)13(15-2)14(16(3)4)8-5-6-9-14/h7,10,13,15H,5-6,8-9H2,1-4H3. The Labute approximate surface area is 109 Å². The quantitative estimate of drug-likeness (QED) is 0.885. The Kier molecular flexibility index (Phi) is 3.91. The van der Waals surface area contributed by atoms with E-state index in [9.17, 15) is 0 Å². The third-order valence-corrected chi connectivity index (χ3v) is 5.43. The first-order valence-corrected chi connectivity index (χ1v) is 7.38. The summed E-state index contributed by atoms with van der Waals surface area (Å²) in [5, 5.41) is 5.79. The molecule has 1 heterocycles. The van der Waals surface area contributed by atoms with Gasteiger partial charge in [-0.15, -0.1) is 11.3 Å². The third kappa shape index (κ3) is 2.16. The number of aryl methyl sites for hydroxylation is 1. The molecule has 0 aliphatic heterocycles. The SMILES string of the molecule is CNC(c1sccc1C)C1(N(C)C)CCCC1. The summed E-state index contributed by atoms with van der Waals surface area (Å²) in [7, 11) is 6.57. The summed E-state index contributed by atoms with van der Waals surface area (Å²) in [4.78, 5) is 3.96. The van der Waals surface area contributed by atoms with Crippen LogP contribution in [0.2, 0.25) is 0 Å². The van der Waals surface area contributed by atoms with E-state index in [-0.39, 0.29) is 0 Å². The van der Waals surface area contributed by atoms with Gasteiger partial charge in [-0.3, -0.25) is 0 Å². The highest BCUT2D eigenvalue weighted by Crippen LogP contribution is 2.45. The molecule has 96 valence electrons. The number of thiophene rings is 1. The van der Waals surface area contributed by atoms with Crippen molar-refractivity contribution in [2.45, 2.75) is 44.2 Å². The molecule has 1 aromatic heterocycles. The fraction of sp³-hybridized carbons (Fsp3) is 0.714. The van der Waals surface area contributed by atoms with Crippen molar-refractivity contribution in [2.75, 3.05) is 21.1 Å². The van der Waals surface area contributed by atoms with Gasteiger partial charge in [0.05, 0.1) is 6.04 Å². The zero-order valence-corrected chi connectivity index (χ0v) is 12.2. The van der Waals surface area contributed by atoms with Gasteiger partial charge in [-0.25, -0.2) is 0 Å². The van der Waals surface area contributed by atoms with Crippen LogP contribution in [0.1, 0.15) is 42.2 Å². The number of nitrogens with one attached hydrogen (secondary N) is 1. The van der Waals surface area contributed by atoms with Crippen molar-refractivity contribution < 1.29 is 0 Å². The molecule has 1 aliphatic carbocycles. The van der Waals surface area contributed by atoms with Crippen molar-refractivity contribution in [3.63, 3.8) is 0 Å². The van der Waals surface area contributed by atoms with Crippen molar-refractivity contribution in [1.82, 2.24) is 10.2 Å². The van der Waals surface area contributed by atoms with Crippen LogP contribution in [0.15, 0.2) is 11.4 Å². The Balaban J connectivity index is 2.37. The molecular weight excluding hydrogens is 228 g/mol. The van der Waals surface area contributed by atoms with E-state index < -0.39 is 0 Å². The topological polar surface area (TPSA) is 15.3 Å². The maximum Gasteiger partial charge on any atom is 0.0601 e. The van der Waals surface area contributed by atoms with Gasteiger partial charge in [-0.1, -0.05) is 12.8 Å². The van der Waals surface area contributed by atoms with E-state index in [1.807, 2.05) is 11.3 Å². The Morgan fingerprint density at radius 2 is 2.00 bits per heavy atom. The van der Waals surface area contributed by atoms with Crippen molar-refractivity contribution in [3.8, 4) is 0 Å². The summed E-state index contributed by atoms with van der Waals surface area (Å²) < 4.78 is 0. The van der Waals surface area contributed by atoms with Crippen molar-refractivity contribution in [2.24, 2.45) is 0 Å². The maximum atomic E-state index is 3.58. The highest BCUT2D eigenvalue weighted by atomic mass is 32.1. The van der Waals surface area contributed by atoms with Gasteiger partial charge in [-0.2, -0.15) is 0 Å². The fourth-order valence-corrected chi connectivity index (χ4v) is 4.45. The van der Waals surface area contributed by atoms with E-state index in [1.165, 1.54) is 36.1 Å². The predicted octanol–water partition coefficient (Wildman–Crippen LogP) is 3.19. The van der Waals surface area contributed by atoms with Crippen LogP contribution in [-0.4, -0.2) is 31.6 Å². The van der Waals surface area contributed by atoms with E-state index in [2.05, 4.69) is 49.7 Å². The zero-order valence-electron chi connectivity index (χ0n) is 11.4. The van der Waals surface area contributed by atoms with Gasteiger partial charge < -0.3 is 10.2 Å². The first-order chi connectivity index (χ1) is 8.12. The van der Waals surface area contributed by atoms with Crippen LogP contribution in [0, 0.1) is 6.92 Å². The van der Waals surface area contributed by atoms with Crippen LogP contribution in [0.4, 0.5) is 0 Å². The van der Waals surface area contributed by atoms with Crippen LogP contribution >= 0.6 is 11.3 Å². The molecule has 0 aromatic carbocycles. The fourth-order valence-electron chi connectivity index (χ4n) is 3.31. The van der Waals surface area contributed by atoms with Gasteiger partial charge in [0, 0.05) is 10.4 Å². The molecule has 2 nitrogen and oxygen atoms in total. The molecule has 0 amide bonds. The lowest BCUT2D eigenvalue weighted by molar-refractivity contribution is 0.110. The summed E-state index contributed by atoms with van der Waals surface area (Å²) in [5.74, 6) is 0. The lowest BCUT2D eigenvalue weighted by atomic mass is 9.85. The van der Waals surface area contributed by atoms with Gasteiger partial charge in [-0.05, 0) is 57.9 Å². The number of rotatable bonds is 4. The summed E-state index contributed by atoms with van der Waals surface area (Å²) in [6.07, 6.45) is 5.34. The molecule has 2 rings (SSSR count). The molecule has 3 heteroatoms. The van der Waals surface area contributed by atoms with Gasteiger partial charge in [0.25, 0.3) is 0 Å². The molecule has 1 unspecified atom stereocenters. The number of likely N-dealkylation sites (N-methyl/N-ethyl adjacent to an activating group) is 2. The van der Waals surface area contributed by atoms with Gasteiger partial charge in [0.15, 0.2) is 0 Å². The Bertz CT molecular complexity index is 364. The molecule has 1 aliphatic rings. The highest BCUT2D eigenvalue weighted by Gasteiger charge is 2.44. The minimum atomic E-state index is 0.310. The van der Waals surface area contributed by atoms with Crippen LogP contribution in [0.5, 0.6) is 0 Å². The summed E-state index contributed by atoms with van der Waals surface area (Å²) >= 11 is 1.90. The van der Waals surface area contributed by atoms with Crippen LogP contribution in [0.3, 0.4) is 0 Å². The number of nitrogens with zero attached hydrogens (tertiary/aromatic N) is 1. The van der Waals surface area contributed by atoms with Crippen molar-refractivity contribution in [3.05, 3.63) is 21.9 Å². The second kappa shape index (κ2) is 5.09. The first-order valence-electron chi connectivity index (χ1n) is 6.50. The maximum absolute atomic E-state index is 3.58. The average molecular weight is 252 g/mol. The summed E-state index contributed by atoms with van der Waals surface area (Å²) in [6.45, 7) is 2.23. The smallest absolute Gasteiger partial charge is 0.0601 e. The molecule has 1 fully saturated rings. The molecular formula is C14H24N2S. The van der Waals surface area contributed by atoms with E-state index in [4.69, 9.17) is 0 Å². The second-order valence-corrected chi connectivity index (χ2v) is 6.34. The molecule has 1 saturated carbocycles. The van der Waals surface area contributed by atoms with E-state index >= 15 is 0 Å². The Morgan fingerprint density at radius 1 is 1.35 bits per heavy atom. The molecule has 1 N–H and O–H groups in total. The molecule has 0 radical (unpaired) electrons. The normalized spacial score (nSPS) is 21.0. The van der Waals surface area contributed by atoms with Crippen molar-refractivity contribution >= 4 is 11.3 Å². The lowest BCUT2D eigenvalue weighted by Gasteiger charge is -2.43. The molecule has 17 heavy (non-hydrogen) atoms. The number of hydrogen-bond donors (Lipinski definition) is 1. The van der Waals surface area contributed by atoms with E-state index in [1.54, 1.807) is 0 Å². The molecule has 1 aromatic rings. The first kappa shape index (κ1) is 13.1. The minimum absolute atomic E-state index is 0.310. The highest BCUT2D eigenvalue weighted by molar-refractivity contribution is 7.10. The third-order valence-electron chi connectivity index (χ3n) is 4.35. The summed E-state index contributed by atoms with van der Waals surface area (Å²) in [5.41, 5.74) is 1.74. The lowest BCUT2D eigenvalue weighted by Crippen LogP contribution is -2.51. The monoisotopic (exact) mass is 252 g/mol. The van der Waals surface area contributed by atoms with Crippen LogP contribution in [0.25, 0.3) is 0 Å². The van der Waals surface area contributed by atoms with E-state index in [0.29, 0.717) is 11.6 Å². The largest absolute Gasteiger partial charge is 0.311 e. The Morgan fingerprint density at radius 3 is 2.41 bits per heavy atom. The molecule has 0 saturated heterocycles. The summed E-state index contributed by atoms with van der Waals surface area (Å²) in [6, 6.07) is 2.71. The van der Waals surface area contributed by atoms with E-state index in [0.717, 1.165) is 0 Å². The van der Waals surface area contributed by atoms with Gasteiger partial charge in [0.2, 0.25) is 0 Å². The Hall–Kier alpha value is -0.380. The second-order valence-electron chi connectivity index (χ2n) is 5.39. The van der Waals surface area contributed by atoms with Crippen LogP contribution < -0.4 is 5.32 Å². The average Bonchev–Trinajstić information content (AvgIpc) is 2.91. The zero-order chi connectivity index (χ0) is 12.5. The van der Waals surface area contributed by atoms with Gasteiger partial charge in [0.1, 0.15) is 0 Å². The predicted molar refractivity (Wildman–Crippen MR) is 75.7 cm³/mol. The molecule has 0 bridgehead atoms. The van der Waals surface area contributed by atoms with Crippen molar-refractivity contribution in [1.29, 1.82) is 0 Å². The minimum Gasteiger partial charge on any atom is -0.311 e. The number of hydrogen-bond acceptors (Lipinski definition) is 3.